The Morgan fingerprint density at radius 1 is 0.690 bits per heavy atom. The molecule has 0 aliphatic carbocycles. The molecule has 0 rings (SSSR count). The number of amides is 2. The molecule has 0 radical (unpaired) electrons. The van der Waals surface area contributed by atoms with E-state index in [1.165, 1.54) is 64.2 Å². The van der Waals surface area contributed by atoms with Crippen LogP contribution >= 0.6 is 0 Å². The topological polar surface area (TPSA) is 192 Å². The van der Waals surface area contributed by atoms with Crippen LogP contribution in [0.2, 0.25) is 0 Å². The molecule has 11 nitrogen and oxygen atoms in total. The zero-order valence-electron chi connectivity index (χ0n) is 30.8. The fourth-order valence-electron chi connectivity index (χ4n) is 4.43. The molecule has 230 valence electrons. The molecule has 42 heavy (non-hydrogen) atoms. The second kappa shape index (κ2) is 32.7. The van der Waals surface area contributed by atoms with Crippen LogP contribution in [0.15, 0.2) is 0 Å². The van der Waals surface area contributed by atoms with Gasteiger partial charge in [0.1, 0.15) is 6.04 Å². The SMILES string of the molecule is CCCCCCCCCCCCCCCCCCN(C(=O)C(CC(N)=O)S(=O)(=O)O)C(CC(=O)O)C(=O)O.[H-].[H-].[H-].[H-].[Na+].[Na+].[Na+].[Na+]. The monoisotopic (exact) mass is 660 g/mol. The van der Waals surface area contributed by atoms with Gasteiger partial charge in [-0.15, -0.1) is 0 Å². The number of carbonyl (C=O) groups is 4. The molecular formula is C26H52N2Na4O9S. The minimum absolute atomic E-state index is 0. The maximum absolute atomic E-state index is 12.9. The van der Waals surface area contributed by atoms with Crippen LogP contribution in [-0.4, -0.2) is 69.7 Å². The average molecular weight is 661 g/mol. The van der Waals surface area contributed by atoms with E-state index >= 15 is 0 Å². The first-order chi connectivity index (χ1) is 17.9. The van der Waals surface area contributed by atoms with E-state index in [-0.39, 0.29) is 130 Å². The number of primary amides is 1. The van der Waals surface area contributed by atoms with Gasteiger partial charge in [-0.2, -0.15) is 8.42 Å². The van der Waals surface area contributed by atoms with Gasteiger partial charge < -0.3 is 26.6 Å². The predicted octanol–water partition coefficient (Wildman–Crippen LogP) is -7.40. The number of nitrogens with two attached hydrogens (primary N) is 1. The summed E-state index contributed by atoms with van der Waals surface area (Å²) in [4.78, 5) is 47.6. The van der Waals surface area contributed by atoms with E-state index in [4.69, 9.17) is 10.8 Å². The molecule has 2 atom stereocenters. The van der Waals surface area contributed by atoms with E-state index < -0.39 is 58.0 Å². The molecule has 0 spiro atoms. The second-order valence-electron chi connectivity index (χ2n) is 9.96. The smallest absolute Gasteiger partial charge is 1.00 e. The van der Waals surface area contributed by atoms with Crippen LogP contribution in [0.5, 0.6) is 0 Å². The molecule has 2 unspecified atom stereocenters. The van der Waals surface area contributed by atoms with Gasteiger partial charge >= 0.3 is 130 Å². The quantitative estimate of drug-likeness (QED) is 0.0419. The van der Waals surface area contributed by atoms with Crippen molar-refractivity contribution >= 4 is 33.9 Å². The Bertz CT molecular complexity index is 856. The summed E-state index contributed by atoms with van der Waals surface area (Å²) in [6.07, 6.45) is 15.8. The predicted molar refractivity (Wildman–Crippen MR) is 149 cm³/mol. The molecule has 16 heteroatoms. The van der Waals surface area contributed by atoms with Gasteiger partial charge in [-0.3, -0.25) is 18.9 Å². The van der Waals surface area contributed by atoms with Crippen LogP contribution in [0.4, 0.5) is 0 Å². The van der Waals surface area contributed by atoms with Crippen LogP contribution in [0, 0.1) is 0 Å². The zero-order chi connectivity index (χ0) is 29.0. The Balaban J connectivity index is -0.000000244. The van der Waals surface area contributed by atoms with Gasteiger partial charge in [0.25, 0.3) is 10.1 Å². The van der Waals surface area contributed by atoms with Gasteiger partial charge in [0.05, 0.1) is 12.8 Å². The molecule has 0 saturated carbocycles. The molecule has 2 amide bonds. The third-order valence-corrected chi connectivity index (χ3v) is 7.67. The zero-order valence-corrected chi connectivity index (χ0v) is 35.6. The van der Waals surface area contributed by atoms with Crippen LogP contribution in [0.3, 0.4) is 0 Å². The molecule has 0 heterocycles. The Labute approximate surface area is 346 Å². The number of hydrogen-bond donors (Lipinski definition) is 4. The Kier molecular flexibility index (Phi) is 41.5. The molecule has 0 saturated heterocycles. The number of rotatable bonds is 25. The van der Waals surface area contributed by atoms with Crippen molar-refractivity contribution in [3.8, 4) is 0 Å². The summed E-state index contributed by atoms with van der Waals surface area (Å²) in [5.74, 6) is -5.68. The van der Waals surface area contributed by atoms with Crippen LogP contribution in [0.25, 0.3) is 0 Å². The molecule has 0 aliphatic rings. The summed E-state index contributed by atoms with van der Waals surface area (Å²) in [6, 6.07) is -1.85. The van der Waals surface area contributed by atoms with Gasteiger partial charge in [-0.05, 0) is 6.42 Å². The second-order valence-corrected chi connectivity index (χ2v) is 11.6. The minimum Gasteiger partial charge on any atom is -1.00 e. The first kappa shape index (κ1) is 53.3. The van der Waals surface area contributed by atoms with Crippen LogP contribution in [0.1, 0.15) is 128 Å². The maximum Gasteiger partial charge on any atom is 1.00 e. The molecule has 0 aromatic heterocycles. The number of carbonyl (C=O) groups excluding carboxylic acids is 2. The molecule has 0 fully saturated rings. The van der Waals surface area contributed by atoms with E-state index in [1.54, 1.807) is 0 Å². The molecule has 0 bridgehead atoms. The number of aliphatic carboxylic acids is 2. The van der Waals surface area contributed by atoms with Gasteiger partial charge in [0.15, 0.2) is 5.25 Å². The van der Waals surface area contributed by atoms with Crippen LogP contribution < -0.4 is 124 Å². The summed E-state index contributed by atoms with van der Waals surface area (Å²) in [7, 11) is -5.09. The minimum atomic E-state index is -5.09. The van der Waals surface area contributed by atoms with Crippen molar-refractivity contribution in [2.24, 2.45) is 5.73 Å². The van der Waals surface area contributed by atoms with Crippen molar-refractivity contribution in [2.45, 2.75) is 134 Å². The van der Waals surface area contributed by atoms with Crippen molar-refractivity contribution < 1.29 is 166 Å². The fourth-order valence-corrected chi connectivity index (χ4v) is 5.20. The fraction of sp³-hybridized carbons (Fsp3) is 0.846. The number of unbranched alkanes of at least 4 members (excludes halogenated alkanes) is 15. The Hall–Kier alpha value is 1.79. The molecule has 0 aromatic carbocycles. The third kappa shape index (κ3) is 28.0. The third-order valence-electron chi connectivity index (χ3n) is 6.59. The Morgan fingerprint density at radius 2 is 1.05 bits per heavy atom. The van der Waals surface area contributed by atoms with Gasteiger partial charge in [-0.1, -0.05) is 103 Å². The summed E-state index contributed by atoms with van der Waals surface area (Å²) >= 11 is 0. The molecule has 0 aromatic rings. The molecular weight excluding hydrogens is 608 g/mol. The molecule has 0 aliphatic heterocycles. The van der Waals surface area contributed by atoms with E-state index in [9.17, 15) is 37.3 Å². The van der Waals surface area contributed by atoms with E-state index in [0.29, 0.717) is 17.7 Å². The van der Waals surface area contributed by atoms with Crippen molar-refractivity contribution in [3.05, 3.63) is 0 Å². The normalized spacial score (nSPS) is 11.9. The Morgan fingerprint density at radius 3 is 1.33 bits per heavy atom. The number of nitrogens with zero attached hydrogens (tertiary/aromatic N) is 1. The van der Waals surface area contributed by atoms with Crippen LogP contribution in [-0.2, 0) is 29.3 Å². The van der Waals surface area contributed by atoms with Gasteiger partial charge in [-0.25, -0.2) is 4.79 Å². The summed E-state index contributed by atoms with van der Waals surface area (Å²) < 4.78 is 32.8. The molecule has 5 N–H and O–H groups in total. The van der Waals surface area contributed by atoms with Gasteiger partial charge in [0.2, 0.25) is 11.8 Å². The van der Waals surface area contributed by atoms with Crippen molar-refractivity contribution in [3.63, 3.8) is 0 Å². The summed E-state index contributed by atoms with van der Waals surface area (Å²) in [5.41, 5.74) is 4.99. The maximum atomic E-state index is 12.9. The average Bonchev–Trinajstić information content (AvgIpc) is 2.82. The van der Waals surface area contributed by atoms with Crippen molar-refractivity contribution in [1.29, 1.82) is 0 Å². The number of hydrogen-bond acceptors (Lipinski definition) is 6. The van der Waals surface area contributed by atoms with Gasteiger partial charge in [0, 0.05) is 6.54 Å². The summed E-state index contributed by atoms with van der Waals surface area (Å²) in [5, 5.41) is 16.3. The number of carboxylic acid groups (broad SMARTS) is 2. The summed E-state index contributed by atoms with van der Waals surface area (Å²) in [6.45, 7) is 1.99. The largest absolute Gasteiger partial charge is 1.00 e. The van der Waals surface area contributed by atoms with E-state index in [2.05, 4.69) is 6.92 Å². The first-order valence-electron chi connectivity index (χ1n) is 13.9. The van der Waals surface area contributed by atoms with Crippen molar-refractivity contribution in [1.82, 2.24) is 4.90 Å². The first-order valence-corrected chi connectivity index (χ1v) is 15.4. The van der Waals surface area contributed by atoms with E-state index in [0.717, 1.165) is 25.7 Å². The van der Waals surface area contributed by atoms with E-state index in [1.807, 2.05) is 0 Å². The van der Waals surface area contributed by atoms with Crippen molar-refractivity contribution in [2.75, 3.05) is 6.54 Å². The number of carboxylic acids is 2. The standard InChI is InChI=1S/C26H48N2O9S.4Na.4H/c1-2-3-4-5-6-7-8-9-10-11-12-13-14-15-16-17-18-28(21(26(33)34)19-24(30)31)25(32)22(20-23(27)29)38(35,36)37;;;;;;;;/h21-22H,2-20H2,1H3,(H2,27,29)(H,30,31)(H,33,34)(H,35,36,37);;;;;;;;/q;4*+1;4*-1.